The maximum Gasteiger partial charge on any atom is 0.318 e. The van der Waals surface area contributed by atoms with E-state index in [0.29, 0.717) is 6.54 Å². The zero-order valence-corrected chi connectivity index (χ0v) is 14.2. The van der Waals surface area contributed by atoms with E-state index in [4.69, 9.17) is 4.74 Å². The number of aromatic nitrogens is 2. The minimum atomic E-state index is -0.318. The third-order valence-electron chi connectivity index (χ3n) is 4.63. The summed E-state index contributed by atoms with van der Waals surface area (Å²) in [5, 5.41) is 9.75. The molecule has 6 nitrogen and oxygen atoms in total. The summed E-state index contributed by atoms with van der Waals surface area (Å²) >= 11 is 0. The number of methoxy groups -OCH3 is 1. The highest BCUT2D eigenvalue weighted by Crippen LogP contribution is 2.30. The molecule has 2 N–H and O–H groups in total. The van der Waals surface area contributed by atoms with Gasteiger partial charge in [0.1, 0.15) is 5.82 Å². The van der Waals surface area contributed by atoms with E-state index >= 15 is 0 Å². The third-order valence-corrected chi connectivity index (χ3v) is 4.63. The number of aromatic amines is 1. The van der Waals surface area contributed by atoms with Crippen molar-refractivity contribution in [3.05, 3.63) is 53.6 Å². The normalized spacial score (nSPS) is 18.8. The van der Waals surface area contributed by atoms with E-state index in [1.807, 2.05) is 11.1 Å². The first kappa shape index (κ1) is 17.4. The van der Waals surface area contributed by atoms with Gasteiger partial charge in [0.2, 0.25) is 0 Å². The molecule has 2 amide bonds. The maximum absolute atomic E-state index is 13.1. The molecule has 0 unspecified atom stereocenters. The molecular weight excluding hydrogens is 323 g/mol. The van der Waals surface area contributed by atoms with Crippen LogP contribution in [0.25, 0.3) is 0 Å². The molecule has 1 aromatic carbocycles. The van der Waals surface area contributed by atoms with E-state index in [0.717, 1.165) is 36.9 Å². The molecule has 2 heterocycles. The summed E-state index contributed by atoms with van der Waals surface area (Å²) in [5.41, 5.74) is 1.85. The van der Waals surface area contributed by atoms with Crippen LogP contribution in [0.4, 0.5) is 9.18 Å². The molecule has 2 aromatic rings. The predicted octanol–water partition coefficient (Wildman–Crippen LogP) is 3.17. The van der Waals surface area contributed by atoms with Crippen molar-refractivity contribution in [3.63, 3.8) is 0 Å². The van der Waals surface area contributed by atoms with Gasteiger partial charge >= 0.3 is 6.03 Å². The second-order valence-electron chi connectivity index (χ2n) is 6.20. The Balaban J connectivity index is 1.63. The Morgan fingerprint density at radius 1 is 1.44 bits per heavy atom. The molecule has 2 atom stereocenters. The lowest BCUT2D eigenvalue weighted by Gasteiger charge is -2.35. The Kier molecular flexibility index (Phi) is 5.65. The van der Waals surface area contributed by atoms with Crippen molar-refractivity contribution >= 4 is 6.03 Å². The Morgan fingerprint density at radius 3 is 2.92 bits per heavy atom. The summed E-state index contributed by atoms with van der Waals surface area (Å²) < 4.78 is 18.5. The molecule has 1 saturated heterocycles. The standard InChI is InChI=1S/C18H23FN4O2/c1-25-17(13-5-7-15(19)8-6-13)12-20-18(24)23-9-3-2-4-16(23)14-10-21-22-11-14/h5-8,10-11,16-17H,2-4,9,12H2,1H3,(H,20,24)(H,21,22)/t16-,17+/m1/s1. The number of hydrogen-bond acceptors (Lipinski definition) is 3. The van der Waals surface area contributed by atoms with Gasteiger partial charge < -0.3 is 15.0 Å². The summed E-state index contributed by atoms with van der Waals surface area (Å²) in [6.45, 7) is 1.05. The maximum atomic E-state index is 13.1. The lowest BCUT2D eigenvalue weighted by molar-refractivity contribution is 0.0975. The summed E-state index contributed by atoms with van der Waals surface area (Å²) in [4.78, 5) is 14.5. The SMILES string of the molecule is CO[C@@H](CNC(=O)N1CCCC[C@@H]1c1cn[nH]c1)c1ccc(F)cc1. The first-order chi connectivity index (χ1) is 12.2. The molecule has 0 radical (unpaired) electrons. The number of urea groups is 1. The van der Waals surface area contributed by atoms with Crippen molar-refractivity contribution in [3.8, 4) is 0 Å². The molecule has 25 heavy (non-hydrogen) atoms. The molecule has 3 rings (SSSR count). The fraction of sp³-hybridized carbons (Fsp3) is 0.444. The number of benzene rings is 1. The molecule has 7 heteroatoms. The second-order valence-corrected chi connectivity index (χ2v) is 6.20. The summed E-state index contributed by atoms with van der Waals surface area (Å²) in [7, 11) is 1.58. The van der Waals surface area contributed by atoms with Gasteiger partial charge in [-0.15, -0.1) is 0 Å². The number of amides is 2. The minimum absolute atomic E-state index is 0.0410. The number of carbonyl (C=O) groups excluding carboxylic acids is 1. The third kappa shape index (κ3) is 4.17. The van der Waals surface area contributed by atoms with E-state index in [2.05, 4.69) is 15.5 Å². The van der Waals surface area contributed by atoms with E-state index in [1.54, 1.807) is 25.4 Å². The molecule has 0 bridgehead atoms. The van der Waals surface area contributed by atoms with Crippen LogP contribution in [-0.4, -0.2) is 41.3 Å². The number of piperidine rings is 1. The molecule has 1 aromatic heterocycles. The lowest BCUT2D eigenvalue weighted by Crippen LogP contribution is -2.45. The van der Waals surface area contributed by atoms with Gasteiger partial charge in [-0.25, -0.2) is 9.18 Å². The van der Waals surface area contributed by atoms with Crippen molar-refractivity contribution in [2.24, 2.45) is 0 Å². The molecule has 134 valence electrons. The topological polar surface area (TPSA) is 70.2 Å². The monoisotopic (exact) mass is 346 g/mol. The van der Waals surface area contributed by atoms with Crippen molar-refractivity contribution < 1.29 is 13.9 Å². The number of hydrogen-bond donors (Lipinski definition) is 2. The van der Waals surface area contributed by atoms with Crippen LogP contribution in [0.2, 0.25) is 0 Å². The smallest absolute Gasteiger partial charge is 0.318 e. The first-order valence-corrected chi connectivity index (χ1v) is 8.50. The van der Waals surface area contributed by atoms with Crippen molar-refractivity contribution in [2.45, 2.75) is 31.4 Å². The first-order valence-electron chi connectivity index (χ1n) is 8.50. The highest BCUT2D eigenvalue weighted by molar-refractivity contribution is 5.75. The molecule has 1 fully saturated rings. The summed E-state index contributed by atoms with van der Waals surface area (Å²) in [6.07, 6.45) is 6.31. The highest BCUT2D eigenvalue weighted by Gasteiger charge is 2.28. The van der Waals surface area contributed by atoms with Crippen LogP contribution < -0.4 is 5.32 Å². The predicted molar refractivity (Wildman–Crippen MR) is 91.4 cm³/mol. The van der Waals surface area contributed by atoms with Crippen LogP contribution >= 0.6 is 0 Å². The second kappa shape index (κ2) is 8.11. The van der Waals surface area contributed by atoms with Crippen LogP contribution in [-0.2, 0) is 4.74 Å². The molecule has 1 aliphatic rings. The van der Waals surface area contributed by atoms with Gasteiger partial charge in [-0.1, -0.05) is 12.1 Å². The Morgan fingerprint density at radius 2 is 2.24 bits per heavy atom. The van der Waals surface area contributed by atoms with E-state index < -0.39 is 0 Å². The van der Waals surface area contributed by atoms with Gasteiger partial charge in [0.25, 0.3) is 0 Å². The van der Waals surface area contributed by atoms with Crippen LogP contribution in [0, 0.1) is 5.82 Å². The number of rotatable bonds is 5. The number of carbonyl (C=O) groups is 1. The number of halogens is 1. The molecule has 1 aliphatic heterocycles. The van der Waals surface area contributed by atoms with Crippen LogP contribution in [0.3, 0.4) is 0 Å². The zero-order valence-electron chi connectivity index (χ0n) is 14.2. The van der Waals surface area contributed by atoms with Crippen molar-refractivity contribution in [1.29, 1.82) is 0 Å². The summed E-state index contributed by atoms with van der Waals surface area (Å²) in [5.74, 6) is -0.293. The van der Waals surface area contributed by atoms with Crippen molar-refractivity contribution in [1.82, 2.24) is 20.4 Å². The van der Waals surface area contributed by atoms with Gasteiger partial charge in [-0.3, -0.25) is 5.10 Å². The number of nitrogens with one attached hydrogen (secondary N) is 2. The molecule has 0 saturated carbocycles. The average molecular weight is 346 g/mol. The molecular formula is C18H23FN4O2. The number of likely N-dealkylation sites (tertiary alicyclic amines) is 1. The van der Waals surface area contributed by atoms with Gasteiger partial charge in [0.05, 0.1) is 18.3 Å². The number of ether oxygens (including phenoxy) is 1. The molecule has 0 spiro atoms. The summed E-state index contributed by atoms with van der Waals surface area (Å²) in [6, 6.07) is 6.05. The van der Waals surface area contributed by atoms with Gasteiger partial charge in [0, 0.05) is 32.0 Å². The van der Waals surface area contributed by atoms with E-state index in [9.17, 15) is 9.18 Å². The van der Waals surface area contributed by atoms with Crippen LogP contribution in [0.15, 0.2) is 36.7 Å². The fourth-order valence-electron chi connectivity index (χ4n) is 3.26. The molecule has 0 aliphatic carbocycles. The van der Waals surface area contributed by atoms with Gasteiger partial charge in [-0.05, 0) is 37.0 Å². The van der Waals surface area contributed by atoms with Crippen molar-refractivity contribution in [2.75, 3.05) is 20.2 Å². The Hall–Kier alpha value is -2.41. The van der Waals surface area contributed by atoms with Crippen LogP contribution in [0.1, 0.15) is 42.5 Å². The Labute approximate surface area is 146 Å². The zero-order chi connectivity index (χ0) is 17.6. The van der Waals surface area contributed by atoms with Gasteiger partial charge in [-0.2, -0.15) is 5.10 Å². The number of H-pyrrole nitrogens is 1. The van der Waals surface area contributed by atoms with Crippen LogP contribution in [0.5, 0.6) is 0 Å². The quantitative estimate of drug-likeness (QED) is 0.874. The average Bonchev–Trinajstić information content (AvgIpc) is 3.18. The lowest BCUT2D eigenvalue weighted by atomic mass is 9.98. The van der Waals surface area contributed by atoms with Gasteiger partial charge in [0.15, 0.2) is 0 Å². The Bertz CT molecular complexity index is 675. The minimum Gasteiger partial charge on any atom is -0.375 e. The largest absolute Gasteiger partial charge is 0.375 e. The fourth-order valence-corrected chi connectivity index (χ4v) is 3.26. The van der Waals surface area contributed by atoms with E-state index in [1.165, 1.54) is 12.1 Å². The number of nitrogens with zero attached hydrogens (tertiary/aromatic N) is 2. The highest BCUT2D eigenvalue weighted by atomic mass is 19.1. The van der Waals surface area contributed by atoms with E-state index in [-0.39, 0.29) is 24.0 Å².